The zero-order chi connectivity index (χ0) is 19.4. The molecule has 5 nitrogen and oxygen atoms in total. The van der Waals surface area contributed by atoms with Gasteiger partial charge in [0.1, 0.15) is 6.07 Å². The van der Waals surface area contributed by atoms with Crippen molar-refractivity contribution >= 4 is 29.3 Å². The summed E-state index contributed by atoms with van der Waals surface area (Å²) in [7, 11) is 0. The molecule has 1 N–H and O–H groups in total. The first kappa shape index (κ1) is 18.4. The Morgan fingerprint density at radius 3 is 2.63 bits per heavy atom. The first-order valence-electron chi connectivity index (χ1n) is 8.30. The molecule has 134 valence electrons. The summed E-state index contributed by atoms with van der Waals surface area (Å²) in [5.41, 5.74) is 4.54. The quantitative estimate of drug-likeness (QED) is 0.673. The van der Waals surface area contributed by atoms with E-state index in [1.54, 1.807) is 24.3 Å². The van der Waals surface area contributed by atoms with Gasteiger partial charge in [-0.3, -0.25) is 4.79 Å². The van der Waals surface area contributed by atoms with E-state index in [9.17, 15) is 4.79 Å². The maximum absolute atomic E-state index is 12.2. The highest BCUT2D eigenvalue weighted by Crippen LogP contribution is 2.21. The molecule has 0 aliphatic carbocycles. The molecule has 0 unspecified atom stereocenters. The molecule has 0 atom stereocenters. The number of halogens is 1. The number of hydrogen-bond acceptors (Lipinski definition) is 3. The second kappa shape index (κ2) is 7.90. The van der Waals surface area contributed by atoms with E-state index in [4.69, 9.17) is 16.9 Å². The third-order valence-corrected chi connectivity index (χ3v) is 4.42. The number of rotatable bonds is 4. The highest BCUT2D eigenvalue weighted by atomic mass is 35.5. The minimum absolute atomic E-state index is 0.290. The van der Waals surface area contributed by atoms with Crippen molar-refractivity contribution in [1.82, 2.24) is 9.78 Å². The normalized spacial score (nSPS) is 10.7. The highest BCUT2D eigenvalue weighted by Gasteiger charge is 2.11. The number of carbonyl (C=O) groups is 1. The molecule has 6 heteroatoms. The monoisotopic (exact) mass is 376 g/mol. The zero-order valence-electron chi connectivity index (χ0n) is 14.9. The Morgan fingerprint density at radius 2 is 1.96 bits per heavy atom. The summed E-state index contributed by atoms with van der Waals surface area (Å²) in [5.74, 6) is -0.290. The van der Waals surface area contributed by atoms with Crippen LogP contribution in [0.2, 0.25) is 5.02 Å². The van der Waals surface area contributed by atoms with Crippen LogP contribution >= 0.6 is 11.6 Å². The van der Waals surface area contributed by atoms with E-state index in [0.29, 0.717) is 16.3 Å². The Kier molecular flexibility index (Phi) is 5.39. The number of nitriles is 1. The Balaban J connectivity index is 1.78. The van der Waals surface area contributed by atoms with E-state index in [1.165, 1.54) is 6.08 Å². The molecule has 0 saturated carbocycles. The number of amides is 1. The zero-order valence-corrected chi connectivity index (χ0v) is 15.7. The predicted molar refractivity (Wildman–Crippen MR) is 107 cm³/mol. The molecule has 1 aromatic heterocycles. The van der Waals surface area contributed by atoms with Gasteiger partial charge >= 0.3 is 0 Å². The van der Waals surface area contributed by atoms with Crippen molar-refractivity contribution in [3.8, 4) is 11.8 Å². The van der Waals surface area contributed by atoms with Gasteiger partial charge in [-0.2, -0.15) is 10.4 Å². The Bertz CT molecular complexity index is 1060. The minimum Gasteiger partial charge on any atom is -0.322 e. The molecule has 2 aromatic carbocycles. The molecule has 0 spiro atoms. The number of carbonyl (C=O) groups excluding carboxylic acids is 1. The summed E-state index contributed by atoms with van der Waals surface area (Å²) in [6, 6.07) is 16.6. The number of aryl methyl sites for hydroxylation is 1. The lowest BCUT2D eigenvalue weighted by Crippen LogP contribution is -2.07. The number of anilines is 1. The second-order valence-electron chi connectivity index (χ2n) is 5.96. The van der Waals surface area contributed by atoms with Crippen molar-refractivity contribution in [2.24, 2.45) is 0 Å². The summed E-state index contributed by atoms with van der Waals surface area (Å²) in [4.78, 5) is 12.2. The smallest absolute Gasteiger partial charge is 0.248 e. The van der Waals surface area contributed by atoms with E-state index >= 15 is 0 Å². The molecular weight excluding hydrogens is 360 g/mol. The molecule has 0 saturated heterocycles. The van der Waals surface area contributed by atoms with Crippen molar-refractivity contribution in [3.05, 3.63) is 82.1 Å². The standard InChI is InChI=1S/C21H17ClN4O/c1-14-19(15(2)26(25-14)18-6-4-3-5-7-18)10-11-21(27)24-17-9-8-16(13-23)20(22)12-17/h3-12H,1-2H3,(H,24,27)/b11-10+. The maximum atomic E-state index is 12.2. The van der Waals surface area contributed by atoms with Crippen LogP contribution in [0.1, 0.15) is 22.5 Å². The van der Waals surface area contributed by atoms with Crippen LogP contribution < -0.4 is 5.32 Å². The van der Waals surface area contributed by atoms with Gasteiger partial charge in [0, 0.05) is 23.0 Å². The number of para-hydroxylation sites is 1. The maximum Gasteiger partial charge on any atom is 0.248 e. The highest BCUT2D eigenvalue weighted by molar-refractivity contribution is 6.32. The lowest BCUT2D eigenvalue weighted by atomic mass is 10.1. The molecule has 0 radical (unpaired) electrons. The first-order valence-corrected chi connectivity index (χ1v) is 8.67. The van der Waals surface area contributed by atoms with Crippen LogP contribution in [-0.2, 0) is 4.79 Å². The number of nitrogens with one attached hydrogen (secondary N) is 1. The molecule has 3 aromatic rings. The molecular formula is C21H17ClN4O. The van der Waals surface area contributed by atoms with Gasteiger partial charge in [-0.1, -0.05) is 29.8 Å². The average Bonchev–Trinajstić information content (AvgIpc) is 2.95. The topological polar surface area (TPSA) is 70.7 Å². The Hall–Kier alpha value is -3.36. The van der Waals surface area contributed by atoms with Crippen molar-refractivity contribution in [1.29, 1.82) is 5.26 Å². The van der Waals surface area contributed by atoms with Gasteiger partial charge in [0.15, 0.2) is 0 Å². The number of benzene rings is 2. The van der Waals surface area contributed by atoms with Crippen LogP contribution in [-0.4, -0.2) is 15.7 Å². The van der Waals surface area contributed by atoms with Crippen molar-refractivity contribution in [2.45, 2.75) is 13.8 Å². The summed E-state index contributed by atoms with van der Waals surface area (Å²) in [6.45, 7) is 3.87. The minimum atomic E-state index is -0.290. The van der Waals surface area contributed by atoms with E-state index in [1.807, 2.05) is 54.9 Å². The van der Waals surface area contributed by atoms with Crippen LogP contribution in [0.4, 0.5) is 5.69 Å². The van der Waals surface area contributed by atoms with Crippen LogP contribution in [0, 0.1) is 25.2 Å². The van der Waals surface area contributed by atoms with Crippen molar-refractivity contribution in [2.75, 3.05) is 5.32 Å². The van der Waals surface area contributed by atoms with Crippen LogP contribution in [0.3, 0.4) is 0 Å². The van der Waals surface area contributed by atoms with Crippen LogP contribution in [0.25, 0.3) is 11.8 Å². The van der Waals surface area contributed by atoms with Crippen molar-refractivity contribution in [3.63, 3.8) is 0 Å². The van der Waals surface area contributed by atoms with Gasteiger partial charge in [-0.15, -0.1) is 0 Å². The lowest BCUT2D eigenvalue weighted by molar-refractivity contribution is -0.111. The molecule has 0 fully saturated rings. The number of hydrogen-bond donors (Lipinski definition) is 1. The van der Waals surface area contributed by atoms with E-state index in [0.717, 1.165) is 22.6 Å². The Labute approximate surface area is 162 Å². The molecule has 0 bridgehead atoms. The Morgan fingerprint density at radius 1 is 1.22 bits per heavy atom. The molecule has 3 rings (SSSR count). The summed E-state index contributed by atoms with van der Waals surface area (Å²) >= 11 is 5.99. The first-order chi connectivity index (χ1) is 13.0. The summed E-state index contributed by atoms with van der Waals surface area (Å²) < 4.78 is 1.85. The van der Waals surface area contributed by atoms with Crippen LogP contribution in [0.5, 0.6) is 0 Å². The summed E-state index contributed by atoms with van der Waals surface area (Å²) in [5, 5.41) is 16.5. The fourth-order valence-corrected chi connectivity index (χ4v) is 2.97. The van der Waals surface area contributed by atoms with E-state index in [-0.39, 0.29) is 5.91 Å². The van der Waals surface area contributed by atoms with Gasteiger partial charge in [0.2, 0.25) is 5.91 Å². The lowest BCUT2D eigenvalue weighted by Gasteiger charge is -2.04. The third-order valence-electron chi connectivity index (χ3n) is 4.11. The van der Waals surface area contributed by atoms with E-state index < -0.39 is 0 Å². The second-order valence-corrected chi connectivity index (χ2v) is 6.37. The average molecular weight is 377 g/mol. The summed E-state index contributed by atoms with van der Waals surface area (Å²) in [6.07, 6.45) is 3.20. The van der Waals surface area contributed by atoms with Gasteiger partial charge in [0.25, 0.3) is 0 Å². The molecule has 27 heavy (non-hydrogen) atoms. The van der Waals surface area contributed by atoms with Gasteiger partial charge in [0.05, 0.1) is 22.0 Å². The fraction of sp³-hybridized carbons (Fsp3) is 0.0952. The third kappa shape index (κ3) is 4.08. The van der Waals surface area contributed by atoms with Gasteiger partial charge < -0.3 is 5.32 Å². The van der Waals surface area contributed by atoms with Gasteiger partial charge in [-0.05, 0) is 50.3 Å². The SMILES string of the molecule is Cc1nn(-c2ccccc2)c(C)c1/C=C/C(=O)Nc1ccc(C#N)c(Cl)c1. The molecule has 1 amide bonds. The molecule has 0 aliphatic heterocycles. The van der Waals surface area contributed by atoms with Crippen LogP contribution in [0.15, 0.2) is 54.6 Å². The number of nitrogens with zero attached hydrogens (tertiary/aromatic N) is 3. The molecule has 0 aliphatic rings. The number of aromatic nitrogens is 2. The van der Waals surface area contributed by atoms with Crippen molar-refractivity contribution < 1.29 is 4.79 Å². The largest absolute Gasteiger partial charge is 0.322 e. The predicted octanol–water partition coefficient (Wildman–Crippen LogP) is 4.67. The van der Waals surface area contributed by atoms with E-state index in [2.05, 4.69) is 10.4 Å². The van der Waals surface area contributed by atoms with Gasteiger partial charge in [-0.25, -0.2) is 4.68 Å². The fourth-order valence-electron chi connectivity index (χ4n) is 2.74. The molecule has 1 heterocycles.